The van der Waals surface area contributed by atoms with Crippen molar-refractivity contribution in [2.75, 3.05) is 0 Å². The highest BCUT2D eigenvalue weighted by atomic mass is 19.3. The quantitative estimate of drug-likeness (QED) is 0.668. The van der Waals surface area contributed by atoms with Crippen LogP contribution in [0.25, 0.3) is 0 Å². The Balaban J connectivity index is 2.82. The van der Waals surface area contributed by atoms with Crippen LogP contribution in [0.4, 0.5) is 8.78 Å². The Kier molecular flexibility index (Phi) is 2.16. The minimum Gasteiger partial charge on any atom is -0.333 e. The van der Waals surface area contributed by atoms with Crippen LogP contribution in [0, 0.1) is 0 Å². The summed E-state index contributed by atoms with van der Waals surface area (Å²) in [5.74, 6) is -0.264. The van der Waals surface area contributed by atoms with Crippen molar-refractivity contribution in [2.45, 2.75) is 26.2 Å². The predicted octanol–water partition coefficient (Wildman–Crippen LogP) is 2.13. The van der Waals surface area contributed by atoms with Crippen LogP contribution in [0.3, 0.4) is 0 Å². The Morgan fingerprint density at radius 1 is 1.36 bits per heavy atom. The van der Waals surface area contributed by atoms with Gasteiger partial charge in [-0.25, -0.2) is 0 Å². The van der Waals surface area contributed by atoms with Crippen molar-refractivity contribution >= 4 is 0 Å². The molecule has 0 saturated carbocycles. The van der Waals surface area contributed by atoms with Gasteiger partial charge in [-0.15, -0.1) is 0 Å². The number of hydrogen-bond donors (Lipinski definition) is 0. The number of alkyl halides is 2. The monoisotopic (exact) mass is 162 g/mol. The minimum atomic E-state index is -2.67. The molecule has 5 heteroatoms. The van der Waals surface area contributed by atoms with E-state index in [1.807, 2.05) is 0 Å². The summed E-state index contributed by atoms with van der Waals surface area (Å²) in [6.45, 7) is 3.61. The van der Waals surface area contributed by atoms with Crippen LogP contribution in [0.1, 0.15) is 37.9 Å². The topological polar surface area (TPSA) is 38.9 Å². The standard InChI is InChI=1S/C6H8F2N2O/c1-3(2)5-9-6(4(7)8)11-10-5/h3-4H,1-2H3. The summed E-state index contributed by atoms with van der Waals surface area (Å²) in [5.41, 5.74) is 0. The molecule has 0 aliphatic carbocycles. The van der Waals surface area contributed by atoms with Gasteiger partial charge in [0.05, 0.1) is 0 Å². The molecule has 0 aliphatic rings. The van der Waals surface area contributed by atoms with Gasteiger partial charge in [0.15, 0.2) is 5.82 Å². The van der Waals surface area contributed by atoms with Gasteiger partial charge in [-0.3, -0.25) is 0 Å². The van der Waals surface area contributed by atoms with Gasteiger partial charge < -0.3 is 4.52 Å². The van der Waals surface area contributed by atoms with E-state index in [1.54, 1.807) is 13.8 Å². The molecule has 11 heavy (non-hydrogen) atoms. The van der Waals surface area contributed by atoms with E-state index in [9.17, 15) is 8.78 Å². The fourth-order valence-electron chi connectivity index (χ4n) is 0.570. The van der Waals surface area contributed by atoms with E-state index in [2.05, 4.69) is 14.7 Å². The summed E-state index contributed by atoms with van der Waals surface area (Å²) in [4.78, 5) is 3.48. The third-order valence-electron chi connectivity index (χ3n) is 1.16. The normalized spacial score (nSPS) is 11.5. The maximum atomic E-state index is 11.8. The number of aromatic nitrogens is 2. The van der Waals surface area contributed by atoms with Crippen LogP contribution in [-0.4, -0.2) is 10.1 Å². The van der Waals surface area contributed by atoms with E-state index in [0.29, 0.717) is 5.82 Å². The molecule has 0 aromatic carbocycles. The first-order valence-corrected chi connectivity index (χ1v) is 3.23. The van der Waals surface area contributed by atoms with Gasteiger partial charge in [-0.05, 0) is 0 Å². The van der Waals surface area contributed by atoms with Crippen molar-refractivity contribution in [1.82, 2.24) is 10.1 Å². The zero-order valence-electron chi connectivity index (χ0n) is 6.21. The van der Waals surface area contributed by atoms with Crippen LogP contribution in [0.15, 0.2) is 4.52 Å². The highest BCUT2D eigenvalue weighted by Crippen LogP contribution is 2.18. The number of rotatable bonds is 2. The van der Waals surface area contributed by atoms with Crippen LogP contribution in [-0.2, 0) is 0 Å². The molecular formula is C6H8F2N2O. The molecule has 0 fully saturated rings. The summed E-state index contributed by atoms with van der Waals surface area (Å²) in [7, 11) is 0. The lowest BCUT2D eigenvalue weighted by molar-refractivity contribution is 0.106. The Bertz CT molecular complexity index is 212. The highest BCUT2D eigenvalue weighted by molar-refractivity contribution is 4.91. The minimum absolute atomic E-state index is 0.0197. The predicted molar refractivity (Wildman–Crippen MR) is 33.3 cm³/mol. The molecule has 0 bridgehead atoms. The van der Waals surface area contributed by atoms with Crippen molar-refractivity contribution in [2.24, 2.45) is 0 Å². The molecule has 62 valence electrons. The van der Waals surface area contributed by atoms with Gasteiger partial charge in [-0.1, -0.05) is 19.0 Å². The molecule has 0 saturated heterocycles. The maximum absolute atomic E-state index is 11.8. The zero-order chi connectivity index (χ0) is 8.43. The van der Waals surface area contributed by atoms with Crippen molar-refractivity contribution in [1.29, 1.82) is 0 Å². The second-order valence-electron chi connectivity index (χ2n) is 2.45. The van der Waals surface area contributed by atoms with Crippen molar-refractivity contribution in [3.63, 3.8) is 0 Å². The number of nitrogens with zero attached hydrogens (tertiary/aromatic N) is 2. The Hall–Kier alpha value is -1.00. The molecule has 0 amide bonds. The van der Waals surface area contributed by atoms with Crippen LogP contribution in [0.2, 0.25) is 0 Å². The van der Waals surface area contributed by atoms with E-state index in [-0.39, 0.29) is 5.92 Å². The largest absolute Gasteiger partial charge is 0.333 e. The number of hydrogen-bond acceptors (Lipinski definition) is 3. The summed E-state index contributed by atoms with van der Waals surface area (Å²) in [5, 5.41) is 3.37. The van der Waals surface area contributed by atoms with Crippen LogP contribution >= 0.6 is 0 Å². The molecule has 0 radical (unpaired) electrons. The van der Waals surface area contributed by atoms with Crippen LogP contribution in [0.5, 0.6) is 0 Å². The van der Waals surface area contributed by atoms with Gasteiger partial charge in [0, 0.05) is 5.92 Å². The molecule has 0 aliphatic heterocycles. The molecular weight excluding hydrogens is 154 g/mol. The van der Waals surface area contributed by atoms with Gasteiger partial charge >= 0.3 is 6.43 Å². The first kappa shape index (κ1) is 8.10. The molecule has 3 nitrogen and oxygen atoms in total. The van der Waals surface area contributed by atoms with E-state index in [4.69, 9.17) is 0 Å². The molecule has 1 aromatic heterocycles. The summed E-state index contributed by atoms with van der Waals surface area (Å²) < 4.78 is 28.0. The first-order chi connectivity index (χ1) is 5.11. The Morgan fingerprint density at radius 2 is 2.00 bits per heavy atom. The molecule has 1 rings (SSSR count). The van der Waals surface area contributed by atoms with Gasteiger partial charge in [0.2, 0.25) is 0 Å². The van der Waals surface area contributed by atoms with E-state index < -0.39 is 12.3 Å². The Labute approximate surface area is 62.4 Å². The molecule has 1 heterocycles. The number of halogens is 2. The molecule has 0 atom stereocenters. The first-order valence-electron chi connectivity index (χ1n) is 3.23. The lowest BCUT2D eigenvalue weighted by Crippen LogP contribution is -1.90. The highest BCUT2D eigenvalue weighted by Gasteiger charge is 2.17. The molecule has 1 aromatic rings. The van der Waals surface area contributed by atoms with E-state index >= 15 is 0 Å². The van der Waals surface area contributed by atoms with Crippen molar-refractivity contribution in [3.8, 4) is 0 Å². The molecule has 0 unspecified atom stereocenters. The lowest BCUT2D eigenvalue weighted by atomic mass is 10.2. The SMILES string of the molecule is CC(C)c1noc(C(F)F)n1. The van der Waals surface area contributed by atoms with Gasteiger partial charge in [0.25, 0.3) is 5.89 Å². The fraction of sp³-hybridized carbons (Fsp3) is 0.667. The smallest absolute Gasteiger partial charge is 0.315 e. The van der Waals surface area contributed by atoms with Crippen molar-refractivity contribution < 1.29 is 13.3 Å². The third-order valence-corrected chi connectivity index (χ3v) is 1.16. The molecule has 0 N–H and O–H groups in total. The second kappa shape index (κ2) is 2.94. The van der Waals surface area contributed by atoms with Crippen LogP contribution < -0.4 is 0 Å². The average Bonchev–Trinajstić information content (AvgIpc) is 2.33. The third kappa shape index (κ3) is 1.72. The second-order valence-corrected chi connectivity index (χ2v) is 2.45. The Morgan fingerprint density at radius 3 is 2.27 bits per heavy atom. The zero-order valence-corrected chi connectivity index (χ0v) is 6.21. The molecule has 0 spiro atoms. The summed E-state index contributed by atoms with van der Waals surface area (Å²) in [6.07, 6.45) is -2.67. The van der Waals surface area contributed by atoms with Crippen molar-refractivity contribution in [3.05, 3.63) is 11.7 Å². The lowest BCUT2D eigenvalue weighted by Gasteiger charge is -1.91. The van der Waals surface area contributed by atoms with Gasteiger partial charge in [-0.2, -0.15) is 13.8 Å². The van der Waals surface area contributed by atoms with E-state index in [0.717, 1.165) is 0 Å². The van der Waals surface area contributed by atoms with E-state index in [1.165, 1.54) is 0 Å². The maximum Gasteiger partial charge on any atom is 0.315 e. The summed E-state index contributed by atoms with van der Waals surface area (Å²) >= 11 is 0. The average molecular weight is 162 g/mol. The fourth-order valence-corrected chi connectivity index (χ4v) is 0.570. The summed E-state index contributed by atoms with van der Waals surface area (Å²) in [6, 6.07) is 0. The van der Waals surface area contributed by atoms with Gasteiger partial charge in [0.1, 0.15) is 0 Å².